The number of ketones is 2. The Balaban J connectivity index is 1.49. The van der Waals surface area contributed by atoms with Crippen molar-refractivity contribution in [3.05, 3.63) is 119 Å². The van der Waals surface area contributed by atoms with E-state index in [4.69, 9.17) is 4.74 Å². The quantitative estimate of drug-likeness (QED) is 0.339. The summed E-state index contributed by atoms with van der Waals surface area (Å²) in [5.41, 5.74) is 1.56. The van der Waals surface area contributed by atoms with E-state index in [9.17, 15) is 29.1 Å². The summed E-state index contributed by atoms with van der Waals surface area (Å²) in [6.45, 7) is 0. The molecule has 0 bridgehead atoms. The minimum Gasteiger partial charge on any atom is -0.508 e. The molecule has 1 N–H and O–H groups in total. The van der Waals surface area contributed by atoms with E-state index < -0.39 is 52.9 Å². The van der Waals surface area contributed by atoms with Crippen LogP contribution < -0.4 is 0 Å². The summed E-state index contributed by atoms with van der Waals surface area (Å²) in [5.74, 6) is -5.68. The van der Waals surface area contributed by atoms with E-state index in [0.717, 1.165) is 12.7 Å². The number of allylic oxidation sites excluding steroid dienone is 4. The van der Waals surface area contributed by atoms with Crippen LogP contribution in [0.15, 0.2) is 103 Å². The Morgan fingerprint density at radius 2 is 1.59 bits per heavy atom. The normalized spacial score (nSPS) is 29.3. The minimum atomic E-state index is -1.38. The molecule has 1 saturated heterocycles. The number of carbonyl (C=O) groups excluding carboxylic acids is 5. The number of methoxy groups -OCH3 is 1. The second kappa shape index (κ2) is 10.3. The fourth-order valence-electron chi connectivity index (χ4n) is 8.22. The molecular formula is C36H29NO7. The fraction of sp³-hybridized carbons (Fsp3) is 0.250. The van der Waals surface area contributed by atoms with Crippen molar-refractivity contribution < 1.29 is 33.8 Å². The summed E-state index contributed by atoms with van der Waals surface area (Å²) in [6, 6.07) is 24.9. The number of rotatable bonds is 3. The third-order valence-corrected chi connectivity index (χ3v) is 9.94. The predicted molar refractivity (Wildman–Crippen MR) is 159 cm³/mol. The Kier molecular flexibility index (Phi) is 6.46. The number of hydrogen-bond donors (Lipinski definition) is 1. The van der Waals surface area contributed by atoms with Crippen molar-refractivity contribution in [3.63, 3.8) is 0 Å². The molecule has 1 saturated carbocycles. The molecule has 0 spiro atoms. The standard InChI is InChI=1S/C36H29NO7/c1-44-35(43)37-33(41)25-16-15-24-27(30(25)34(37)42)18-28-32(40)26(20-9-4-2-5-10-20)19-29(39)36(28,22-12-6-3-7-13-22)31(24)21-11-8-14-23(38)17-21/h2-15,17,19,25,27-28,30-31,38H,16,18H2,1H3. The number of fused-ring (bicyclic) bond motifs is 4. The van der Waals surface area contributed by atoms with Gasteiger partial charge in [0.2, 0.25) is 11.8 Å². The number of hydrogen-bond acceptors (Lipinski definition) is 7. The molecule has 3 aromatic rings. The predicted octanol–water partition coefficient (Wildman–Crippen LogP) is 4.98. The second-order valence-electron chi connectivity index (χ2n) is 11.9. The van der Waals surface area contributed by atoms with Gasteiger partial charge in [-0.3, -0.25) is 19.2 Å². The van der Waals surface area contributed by atoms with E-state index in [1.165, 1.54) is 12.1 Å². The van der Waals surface area contributed by atoms with Gasteiger partial charge in [0, 0.05) is 17.4 Å². The highest BCUT2D eigenvalue weighted by Crippen LogP contribution is 2.63. The monoisotopic (exact) mass is 587 g/mol. The third-order valence-electron chi connectivity index (χ3n) is 9.94. The van der Waals surface area contributed by atoms with Crippen molar-refractivity contribution >= 4 is 35.0 Å². The number of aromatic hydroxyl groups is 1. The van der Waals surface area contributed by atoms with Gasteiger partial charge in [0.1, 0.15) is 5.75 Å². The molecule has 3 aliphatic carbocycles. The molecule has 7 rings (SSSR count). The number of phenolic OH excluding ortho intramolecular Hbond substituents is 1. The maximum Gasteiger partial charge on any atom is 0.423 e. The van der Waals surface area contributed by atoms with E-state index in [2.05, 4.69) is 0 Å². The molecule has 4 aliphatic rings. The number of amides is 3. The number of carbonyl (C=O) groups is 5. The molecular weight excluding hydrogens is 558 g/mol. The molecule has 3 amide bonds. The molecule has 1 heterocycles. The van der Waals surface area contributed by atoms with Gasteiger partial charge in [-0.25, -0.2) is 4.79 Å². The molecule has 44 heavy (non-hydrogen) atoms. The number of benzene rings is 3. The van der Waals surface area contributed by atoms with Crippen molar-refractivity contribution in [2.24, 2.45) is 23.7 Å². The molecule has 8 nitrogen and oxygen atoms in total. The van der Waals surface area contributed by atoms with Gasteiger partial charge in [-0.15, -0.1) is 0 Å². The minimum absolute atomic E-state index is 0.00207. The van der Waals surface area contributed by atoms with Gasteiger partial charge < -0.3 is 9.84 Å². The Labute approximate surface area is 253 Å². The average Bonchev–Trinajstić information content (AvgIpc) is 3.31. The van der Waals surface area contributed by atoms with Crippen molar-refractivity contribution in [2.45, 2.75) is 24.2 Å². The lowest BCUT2D eigenvalue weighted by molar-refractivity contribution is -0.138. The van der Waals surface area contributed by atoms with Gasteiger partial charge >= 0.3 is 6.09 Å². The van der Waals surface area contributed by atoms with E-state index >= 15 is 0 Å². The summed E-state index contributed by atoms with van der Waals surface area (Å²) < 4.78 is 4.77. The lowest BCUT2D eigenvalue weighted by Gasteiger charge is -2.55. The lowest BCUT2D eigenvalue weighted by atomic mass is 9.44. The number of Topliss-reactive ketones (excluding diaryl/α,β-unsaturated/α-hetero) is 1. The zero-order valence-electron chi connectivity index (χ0n) is 23.9. The number of imide groups is 3. The van der Waals surface area contributed by atoms with Crippen LogP contribution in [0, 0.1) is 23.7 Å². The highest BCUT2D eigenvalue weighted by Gasteiger charge is 2.66. The largest absolute Gasteiger partial charge is 0.508 e. The van der Waals surface area contributed by atoms with Gasteiger partial charge in [0.25, 0.3) is 0 Å². The molecule has 1 aliphatic heterocycles. The van der Waals surface area contributed by atoms with Crippen LogP contribution in [0.3, 0.4) is 0 Å². The Hall–Kier alpha value is -5.11. The van der Waals surface area contributed by atoms with Crippen molar-refractivity contribution in [1.82, 2.24) is 4.90 Å². The highest BCUT2D eigenvalue weighted by atomic mass is 16.5. The zero-order valence-corrected chi connectivity index (χ0v) is 23.9. The second-order valence-corrected chi connectivity index (χ2v) is 11.9. The van der Waals surface area contributed by atoms with Crippen LogP contribution in [0.5, 0.6) is 5.75 Å². The van der Waals surface area contributed by atoms with E-state index in [1.54, 1.807) is 36.4 Å². The average molecular weight is 588 g/mol. The van der Waals surface area contributed by atoms with Gasteiger partial charge in [-0.05, 0) is 53.7 Å². The number of phenols is 1. The Morgan fingerprint density at radius 3 is 2.27 bits per heavy atom. The highest BCUT2D eigenvalue weighted by molar-refractivity contribution is 6.31. The van der Waals surface area contributed by atoms with Gasteiger partial charge in [0.15, 0.2) is 11.6 Å². The molecule has 6 atom stereocenters. The topological polar surface area (TPSA) is 118 Å². The summed E-state index contributed by atoms with van der Waals surface area (Å²) in [5, 5.41) is 10.6. The van der Waals surface area contributed by atoms with E-state index in [-0.39, 0.29) is 30.2 Å². The first-order chi connectivity index (χ1) is 21.3. The van der Waals surface area contributed by atoms with Crippen molar-refractivity contribution in [2.75, 3.05) is 7.11 Å². The number of ether oxygens (including phenoxy) is 1. The van der Waals surface area contributed by atoms with Crippen molar-refractivity contribution in [3.8, 4) is 5.75 Å². The van der Waals surface area contributed by atoms with Gasteiger partial charge in [-0.2, -0.15) is 4.90 Å². The molecule has 8 heteroatoms. The molecule has 0 radical (unpaired) electrons. The maximum absolute atomic E-state index is 14.8. The summed E-state index contributed by atoms with van der Waals surface area (Å²) in [4.78, 5) is 69.9. The molecule has 6 unspecified atom stereocenters. The van der Waals surface area contributed by atoms with Gasteiger partial charge in [0.05, 0.1) is 24.4 Å². The van der Waals surface area contributed by atoms with Crippen LogP contribution >= 0.6 is 0 Å². The van der Waals surface area contributed by atoms with Gasteiger partial charge in [-0.1, -0.05) is 84.4 Å². The third kappa shape index (κ3) is 3.80. The van der Waals surface area contributed by atoms with Crippen LogP contribution in [0.1, 0.15) is 35.4 Å². The van der Waals surface area contributed by atoms with Crippen LogP contribution in [-0.4, -0.2) is 46.6 Å². The summed E-state index contributed by atoms with van der Waals surface area (Å²) in [6.07, 6.45) is 2.63. The first-order valence-corrected chi connectivity index (χ1v) is 14.6. The van der Waals surface area contributed by atoms with Crippen molar-refractivity contribution in [1.29, 1.82) is 0 Å². The zero-order chi connectivity index (χ0) is 30.7. The summed E-state index contributed by atoms with van der Waals surface area (Å²) >= 11 is 0. The number of nitrogens with zero attached hydrogens (tertiary/aromatic N) is 1. The van der Waals surface area contributed by atoms with E-state index in [1.807, 2.05) is 48.5 Å². The molecule has 3 aromatic carbocycles. The smallest absolute Gasteiger partial charge is 0.423 e. The molecule has 0 aromatic heterocycles. The Bertz CT molecular complexity index is 1790. The number of likely N-dealkylation sites (tertiary alicyclic amines) is 1. The van der Waals surface area contributed by atoms with Crippen LogP contribution in [0.4, 0.5) is 4.79 Å². The molecule has 2 fully saturated rings. The van der Waals surface area contributed by atoms with Crippen LogP contribution in [0.25, 0.3) is 5.57 Å². The first kappa shape index (κ1) is 27.7. The fourth-order valence-corrected chi connectivity index (χ4v) is 8.22. The van der Waals surface area contributed by atoms with E-state index in [0.29, 0.717) is 27.2 Å². The van der Waals surface area contributed by atoms with Crippen LogP contribution in [0.2, 0.25) is 0 Å². The lowest BCUT2D eigenvalue weighted by Crippen LogP contribution is -2.58. The summed E-state index contributed by atoms with van der Waals surface area (Å²) in [7, 11) is 1.12. The van der Waals surface area contributed by atoms with Crippen LogP contribution in [-0.2, 0) is 29.3 Å². The molecule has 220 valence electrons. The SMILES string of the molecule is COC(=O)N1C(=O)C2CC=C3C(CC4C(=O)C(c5ccccc5)=CC(=O)C4(c4ccccc4)C3c3cccc(O)c3)C2C1=O. The Morgan fingerprint density at radius 1 is 0.886 bits per heavy atom. The maximum atomic E-state index is 14.8. The first-order valence-electron chi connectivity index (χ1n) is 14.6.